The van der Waals surface area contributed by atoms with Crippen LogP contribution < -0.4 is 5.32 Å². The first-order valence-corrected chi connectivity index (χ1v) is 7.00. The van der Waals surface area contributed by atoms with E-state index in [2.05, 4.69) is 15.3 Å². The number of para-hydroxylation sites is 1. The van der Waals surface area contributed by atoms with E-state index in [1.54, 1.807) is 0 Å². The van der Waals surface area contributed by atoms with Gasteiger partial charge >= 0.3 is 5.97 Å². The van der Waals surface area contributed by atoms with E-state index in [0.29, 0.717) is 17.4 Å². The molecule has 104 valence electrons. The molecule has 0 unspecified atom stereocenters. The first-order chi connectivity index (χ1) is 9.74. The van der Waals surface area contributed by atoms with Crippen molar-refractivity contribution in [2.75, 3.05) is 5.32 Å². The maximum Gasteiger partial charge on any atom is 0.374 e. The van der Waals surface area contributed by atoms with Gasteiger partial charge in [0.15, 0.2) is 0 Å². The minimum atomic E-state index is -1.09. The van der Waals surface area contributed by atoms with Gasteiger partial charge < -0.3 is 10.4 Å². The number of benzene rings is 1. The molecule has 1 fully saturated rings. The van der Waals surface area contributed by atoms with Gasteiger partial charge in [-0.2, -0.15) is 0 Å². The second-order valence-electron chi connectivity index (χ2n) is 5.20. The van der Waals surface area contributed by atoms with E-state index in [1.165, 1.54) is 19.3 Å². The fraction of sp³-hybridized carbons (Fsp3) is 0.400. The fourth-order valence-corrected chi connectivity index (χ4v) is 2.72. The molecule has 0 aliphatic heterocycles. The van der Waals surface area contributed by atoms with Crippen LogP contribution in [0.4, 0.5) is 5.82 Å². The average molecular weight is 271 g/mol. The summed E-state index contributed by atoms with van der Waals surface area (Å²) in [7, 11) is 0. The minimum Gasteiger partial charge on any atom is -0.475 e. The molecule has 20 heavy (non-hydrogen) atoms. The van der Waals surface area contributed by atoms with Gasteiger partial charge in [0.05, 0.1) is 5.52 Å². The first-order valence-electron chi connectivity index (χ1n) is 7.00. The van der Waals surface area contributed by atoms with Crippen molar-refractivity contribution in [3.05, 3.63) is 30.1 Å². The van der Waals surface area contributed by atoms with Crippen LogP contribution in [-0.2, 0) is 0 Å². The fourth-order valence-electron chi connectivity index (χ4n) is 2.72. The Balaban J connectivity index is 2.00. The zero-order chi connectivity index (χ0) is 13.9. The third-order valence-electron chi connectivity index (χ3n) is 3.74. The van der Waals surface area contributed by atoms with Crippen LogP contribution in [0.15, 0.2) is 24.3 Å². The summed E-state index contributed by atoms with van der Waals surface area (Å²) >= 11 is 0. The van der Waals surface area contributed by atoms with Crippen LogP contribution >= 0.6 is 0 Å². The quantitative estimate of drug-likeness (QED) is 0.897. The third kappa shape index (κ3) is 2.57. The molecule has 5 nitrogen and oxygen atoms in total. The average Bonchev–Trinajstić information content (AvgIpc) is 2.48. The number of hydrogen-bond donors (Lipinski definition) is 2. The van der Waals surface area contributed by atoms with Crippen LogP contribution in [0.3, 0.4) is 0 Å². The number of carboxylic acid groups (broad SMARTS) is 1. The van der Waals surface area contributed by atoms with Gasteiger partial charge in [0.25, 0.3) is 0 Å². The standard InChI is InChI=1S/C15H17N3O2/c19-15(20)14-17-12-9-5-4-8-11(12)13(18-14)16-10-6-2-1-3-7-10/h4-5,8-10H,1-3,6-7H2,(H,19,20)(H,16,17,18). The second-order valence-corrected chi connectivity index (χ2v) is 5.20. The summed E-state index contributed by atoms with van der Waals surface area (Å²) in [5, 5.41) is 13.4. The van der Waals surface area contributed by atoms with Crippen LogP contribution in [0.2, 0.25) is 0 Å². The highest BCUT2D eigenvalue weighted by Gasteiger charge is 2.17. The highest BCUT2D eigenvalue weighted by Crippen LogP contribution is 2.25. The lowest BCUT2D eigenvalue weighted by molar-refractivity contribution is 0.0684. The Bertz CT molecular complexity index is 636. The molecule has 1 heterocycles. The number of aromatic carboxylic acids is 1. The molecule has 0 atom stereocenters. The van der Waals surface area contributed by atoms with Gasteiger partial charge in [0.2, 0.25) is 5.82 Å². The van der Waals surface area contributed by atoms with Crippen molar-refractivity contribution < 1.29 is 9.90 Å². The Kier molecular flexibility index (Phi) is 3.50. The molecule has 1 aliphatic rings. The summed E-state index contributed by atoms with van der Waals surface area (Å²) in [4.78, 5) is 19.4. The molecule has 0 radical (unpaired) electrons. The molecule has 1 aromatic heterocycles. The Morgan fingerprint density at radius 1 is 1.15 bits per heavy atom. The number of aromatic nitrogens is 2. The lowest BCUT2D eigenvalue weighted by Gasteiger charge is -2.24. The number of rotatable bonds is 3. The number of nitrogens with zero attached hydrogens (tertiary/aromatic N) is 2. The molecule has 0 saturated heterocycles. The summed E-state index contributed by atoms with van der Waals surface area (Å²) in [6.07, 6.45) is 5.93. The number of hydrogen-bond acceptors (Lipinski definition) is 4. The van der Waals surface area contributed by atoms with Crippen molar-refractivity contribution >= 4 is 22.7 Å². The third-order valence-corrected chi connectivity index (χ3v) is 3.74. The number of nitrogens with one attached hydrogen (secondary N) is 1. The molecule has 2 N–H and O–H groups in total. The molecule has 5 heteroatoms. The molecule has 0 bridgehead atoms. The number of carboxylic acids is 1. The van der Waals surface area contributed by atoms with Crippen LogP contribution in [0.1, 0.15) is 42.7 Å². The van der Waals surface area contributed by atoms with Crippen molar-refractivity contribution in [2.24, 2.45) is 0 Å². The lowest BCUT2D eigenvalue weighted by atomic mass is 9.95. The largest absolute Gasteiger partial charge is 0.475 e. The van der Waals surface area contributed by atoms with Crippen molar-refractivity contribution in [3.8, 4) is 0 Å². The van der Waals surface area contributed by atoms with E-state index >= 15 is 0 Å². The Morgan fingerprint density at radius 2 is 1.90 bits per heavy atom. The Labute approximate surface area is 117 Å². The number of carbonyl (C=O) groups is 1. The first kappa shape index (κ1) is 12.8. The Hall–Kier alpha value is -2.17. The van der Waals surface area contributed by atoms with E-state index in [4.69, 9.17) is 5.11 Å². The maximum atomic E-state index is 11.1. The molecular formula is C15H17N3O2. The van der Waals surface area contributed by atoms with Crippen LogP contribution in [0.5, 0.6) is 0 Å². The molecule has 3 rings (SSSR count). The molecule has 0 spiro atoms. The Morgan fingerprint density at radius 3 is 2.65 bits per heavy atom. The van der Waals surface area contributed by atoms with E-state index in [9.17, 15) is 4.79 Å². The van der Waals surface area contributed by atoms with Gasteiger partial charge in [0, 0.05) is 11.4 Å². The molecule has 0 amide bonds. The van der Waals surface area contributed by atoms with E-state index in [1.807, 2.05) is 24.3 Å². The highest BCUT2D eigenvalue weighted by molar-refractivity contribution is 5.93. The van der Waals surface area contributed by atoms with Gasteiger partial charge in [-0.15, -0.1) is 0 Å². The molecular weight excluding hydrogens is 254 g/mol. The van der Waals surface area contributed by atoms with E-state index in [-0.39, 0.29) is 5.82 Å². The predicted molar refractivity (Wildman–Crippen MR) is 77.0 cm³/mol. The lowest BCUT2D eigenvalue weighted by Crippen LogP contribution is -2.23. The monoisotopic (exact) mass is 271 g/mol. The smallest absolute Gasteiger partial charge is 0.374 e. The summed E-state index contributed by atoms with van der Waals surface area (Å²) in [6, 6.07) is 7.88. The van der Waals surface area contributed by atoms with Crippen LogP contribution in [0.25, 0.3) is 10.9 Å². The van der Waals surface area contributed by atoms with Gasteiger partial charge in [-0.25, -0.2) is 14.8 Å². The van der Waals surface area contributed by atoms with Crippen molar-refractivity contribution in [1.29, 1.82) is 0 Å². The van der Waals surface area contributed by atoms with Gasteiger partial charge in [0.1, 0.15) is 5.82 Å². The van der Waals surface area contributed by atoms with Gasteiger partial charge in [-0.3, -0.25) is 0 Å². The molecule has 1 aliphatic carbocycles. The van der Waals surface area contributed by atoms with Crippen LogP contribution in [0, 0.1) is 0 Å². The molecule has 1 aromatic carbocycles. The zero-order valence-electron chi connectivity index (χ0n) is 11.2. The van der Waals surface area contributed by atoms with Crippen molar-refractivity contribution in [1.82, 2.24) is 9.97 Å². The number of anilines is 1. The highest BCUT2D eigenvalue weighted by atomic mass is 16.4. The molecule has 1 saturated carbocycles. The SMILES string of the molecule is O=C(O)c1nc(NC2CCCCC2)c2ccccc2n1. The minimum absolute atomic E-state index is 0.151. The van der Waals surface area contributed by atoms with Crippen molar-refractivity contribution in [2.45, 2.75) is 38.1 Å². The summed E-state index contributed by atoms with van der Waals surface area (Å²) in [5.74, 6) is -0.607. The van der Waals surface area contributed by atoms with Gasteiger partial charge in [-0.1, -0.05) is 31.4 Å². The van der Waals surface area contributed by atoms with Crippen molar-refractivity contribution in [3.63, 3.8) is 0 Å². The van der Waals surface area contributed by atoms with E-state index in [0.717, 1.165) is 18.2 Å². The summed E-state index contributed by atoms with van der Waals surface area (Å²) in [6.45, 7) is 0. The normalized spacial score (nSPS) is 16.2. The number of fused-ring (bicyclic) bond motifs is 1. The van der Waals surface area contributed by atoms with Gasteiger partial charge in [-0.05, 0) is 25.0 Å². The summed E-state index contributed by atoms with van der Waals surface area (Å²) < 4.78 is 0. The van der Waals surface area contributed by atoms with E-state index < -0.39 is 5.97 Å². The zero-order valence-corrected chi connectivity index (χ0v) is 11.2. The second kappa shape index (κ2) is 5.45. The topological polar surface area (TPSA) is 75.1 Å². The molecule has 2 aromatic rings. The maximum absolute atomic E-state index is 11.1. The predicted octanol–water partition coefficient (Wildman–Crippen LogP) is 3.07. The summed E-state index contributed by atoms with van der Waals surface area (Å²) in [5.41, 5.74) is 0.665. The van der Waals surface area contributed by atoms with Crippen LogP contribution in [-0.4, -0.2) is 27.1 Å².